The summed E-state index contributed by atoms with van der Waals surface area (Å²) >= 11 is 6.10. The van der Waals surface area contributed by atoms with Gasteiger partial charge in [-0.3, -0.25) is 4.99 Å². The molecule has 1 fully saturated rings. The Kier molecular flexibility index (Phi) is 7.02. The smallest absolute Gasteiger partial charge is 0.193 e. The van der Waals surface area contributed by atoms with Gasteiger partial charge >= 0.3 is 0 Å². The van der Waals surface area contributed by atoms with Gasteiger partial charge in [-0.2, -0.15) is 0 Å². The highest BCUT2D eigenvalue weighted by atomic mass is 127. The lowest BCUT2D eigenvalue weighted by Crippen LogP contribution is -2.39. The van der Waals surface area contributed by atoms with Gasteiger partial charge in [0.2, 0.25) is 0 Å². The molecule has 0 saturated carbocycles. The van der Waals surface area contributed by atoms with Gasteiger partial charge in [-0.1, -0.05) is 11.6 Å². The number of guanidine groups is 1. The quantitative estimate of drug-likeness (QED) is 0.423. The molecular weight excluding hydrogens is 423 g/mol. The molecule has 126 valence electrons. The number of rotatable bonds is 4. The number of fused-ring (bicyclic) bond motifs is 1. The van der Waals surface area contributed by atoms with Gasteiger partial charge in [0.1, 0.15) is 0 Å². The Labute approximate surface area is 159 Å². The number of hydrogen-bond acceptors (Lipinski definition) is 1. The van der Waals surface area contributed by atoms with Crippen molar-refractivity contribution < 1.29 is 0 Å². The van der Waals surface area contributed by atoms with Crippen LogP contribution in [0.15, 0.2) is 29.4 Å². The maximum atomic E-state index is 6.10. The van der Waals surface area contributed by atoms with E-state index in [0.717, 1.165) is 49.1 Å². The Morgan fingerprint density at radius 2 is 2.13 bits per heavy atom. The number of benzene rings is 1. The summed E-state index contributed by atoms with van der Waals surface area (Å²) in [5, 5.41) is 5.38. The second kappa shape index (κ2) is 8.78. The number of nitrogens with zero attached hydrogens (tertiary/aromatic N) is 2. The largest absolute Gasteiger partial charge is 0.361 e. The Balaban J connectivity index is 0.00000192. The Bertz CT molecular complexity index is 662. The highest BCUT2D eigenvalue weighted by molar-refractivity contribution is 14.0. The molecule has 1 aromatic carbocycles. The van der Waals surface area contributed by atoms with E-state index in [-0.39, 0.29) is 24.0 Å². The average Bonchev–Trinajstić information content (AvgIpc) is 3.16. The Hall–Kier alpha value is -0.950. The van der Waals surface area contributed by atoms with Crippen molar-refractivity contribution in [3.8, 4) is 0 Å². The van der Waals surface area contributed by atoms with E-state index in [9.17, 15) is 0 Å². The van der Waals surface area contributed by atoms with Gasteiger partial charge in [0, 0.05) is 48.3 Å². The van der Waals surface area contributed by atoms with E-state index in [2.05, 4.69) is 28.3 Å². The van der Waals surface area contributed by atoms with Crippen molar-refractivity contribution in [1.29, 1.82) is 0 Å². The standard InChI is InChI=1S/C17H23ClN4.HI/c1-2-19-17(22-9-3-4-10-22)20-8-7-13-12-21-16-6-5-14(18)11-15(13)16;/h5-6,11-12,21H,2-4,7-10H2,1H3,(H,19,20);1H. The zero-order chi connectivity index (χ0) is 15.4. The number of hydrogen-bond donors (Lipinski definition) is 2. The number of nitrogens with one attached hydrogen (secondary N) is 2. The van der Waals surface area contributed by atoms with Crippen molar-refractivity contribution in [1.82, 2.24) is 15.2 Å². The molecule has 0 atom stereocenters. The number of halogens is 2. The molecule has 0 radical (unpaired) electrons. The lowest BCUT2D eigenvalue weighted by atomic mass is 10.1. The Morgan fingerprint density at radius 1 is 1.35 bits per heavy atom. The lowest BCUT2D eigenvalue weighted by Gasteiger charge is -2.20. The minimum absolute atomic E-state index is 0. The SMILES string of the molecule is CCNC(=NCCc1c[nH]c2ccc(Cl)cc12)N1CCCC1.I. The molecule has 0 unspecified atom stereocenters. The van der Waals surface area contributed by atoms with Gasteiger partial charge in [0.15, 0.2) is 5.96 Å². The average molecular weight is 447 g/mol. The van der Waals surface area contributed by atoms with E-state index in [4.69, 9.17) is 16.6 Å². The fourth-order valence-electron chi connectivity index (χ4n) is 2.99. The number of likely N-dealkylation sites (tertiary alicyclic amines) is 1. The van der Waals surface area contributed by atoms with Crippen LogP contribution in [0.1, 0.15) is 25.3 Å². The highest BCUT2D eigenvalue weighted by Gasteiger charge is 2.15. The molecule has 0 amide bonds. The first kappa shape index (κ1) is 18.4. The molecular formula is C17H24ClIN4. The van der Waals surface area contributed by atoms with Crippen LogP contribution in [-0.4, -0.2) is 42.0 Å². The first-order valence-corrected chi connectivity index (χ1v) is 8.44. The summed E-state index contributed by atoms with van der Waals surface area (Å²) in [6.07, 6.45) is 5.53. The van der Waals surface area contributed by atoms with E-state index in [1.807, 2.05) is 18.2 Å². The summed E-state index contributed by atoms with van der Waals surface area (Å²) in [5.41, 5.74) is 2.41. The van der Waals surface area contributed by atoms with Crippen molar-refractivity contribution in [3.05, 3.63) is 35.0 Å². The number of H-pyrrole nitrogens is 1. The maximum Gasteiger partial charge on any atom is 0.193 e. The summed E-state index contributed by atoms with van der Waals surface area (Å²) in [7, 11) is 0. The van der Waals surface area contributed by atoms with E-state index in [1.54, 1.807) is 0 Å². The summed E-state index contributed by atoms with van der Waals surface area (Å²) in [4.78, 5) is 10.4. The molecule has 0 bridgehead atoms. The van der Waals surface area contributed by atoms with Crippen LogP contribution in [0, 0.1) is 0 Å². The minimum Gasteiger partial charge on any atom is -0.361 e. The van der Waals surface area contributed by atoms with Gasteiger partial charge < -0.3 is 15.2 Å². The van der Waals surface area contributed by atoms with Crippen LogP contribution >= 0.6 is 35.6 Å². The number of aliphatic imine (C=N–C) groups is 1. The predicted molar refractivity (Wildman–Crippen MR) is 109 cm³/mol. The van der Waals surface area contributed by atoms with Crippen LogP contribution in [0.3, 0.4) is 0 Å². The molecule has 1 aromatic heterocycles. The van der Waals surface area contributed by atoms with Crippen LogP contribution in [0.5, 0.6) is 0 Å². The van der Waals surface area contributed by atoms with Crippen molar-refractivity contribution in [2.75, 3.05) is 26.2 Å². The molecule has 6 heteroatoms. The van der Waals surface area contributed by atoms with Crippen molar-refractivity contribution in [2.24, 2.45) is 4.99 Å². The van der Waals surface area contributed by atoms with E-state index in [1.165, 1.54) is 23.8 Å². The maximum absolute atomic E-state index is 6.10. The predicted octanol–water partition coefficient (Wildman–Crippen LogP) is 4.04. The molecule has 1 aliphatic rings. The van der Waals surface area contributed by atoms with Crippen molar-refractivity contribution in [2.45, 2.75) is 26.2 Å². The Morgan fingerprint density at radius 3 is 2.87 bits per heavy atom. The number of aromatic amines is 1. The van der Waals surface area contributed by atoms with Gasteiger partial charge in [-0.05, 0) is 49.9 Å². The summed E-state index contributed by atoms with van der Waals surface area (Å²) < 4.78 is 0. The molecule has 0 aliphatic carbocycles. The fraction of sp³-hybridized carbons (Fsp3) is 0.471. The van der Waals surface area contributed by atoms with E-state index in [0.29, 0.717) is 0 Å². The monoisotopic (exact) mass is 446 g/mol. The molecule has 4 nitrogen and oxygen atoms in total. The third-order valence-corrected chi connectivity index (χ3v) is 4.35. The lowest BCUT2D eigenvalue weighted by molar-refractivity contribution is 0.494. The van der Waals surface area contributed by atoms with Crippen LogP contribution < -0.4 is 5.32 Å². The van der Waals surface area contributed by atoms with E-state index < -0.39 is 0 Å². The van der Waals surface area contributed by atoms with Crippen LogP contribution in [0.4, 0.5) is 0 Å². The van der Waals surface area contributed by atoms with Crippen molar-refractivity contribution >= 4 is 52.4 Å². The van der Waals surface area contributed by atoms with Gasteiger partial charge in [-0.15, -0.1) is 24.0 Å². The topological polar surface area (TPSA) is 43.4 Å². The molecule has 23 heavy (non-hydrogen) atoms. The molecule has 3 rings (SSSR count). The molecule has 1 saturated heterocycles. The normalized spacial score (nSPS) is 15.0. The molecule has 2 aromatic rings. The third kappa shape index (κ3) is 4.53. The molecule has 2 N–H and O–H groups in total. The molecule has 2 heterocycles. The summed E-state index contributed by atoms with van der Waals surface area (Å²) in [6.45, 7) is 6.06. The zero-order valence-corrected chi connectivity index (χ0v) is 16.5. The van der Waals surface area contributed by atoms with Crippen LogP contribution in [0.25, 0.3) is 10.9 Å². The highest BCUT2D eigenvalue weighted by Crippen LogP contribution is 2.22. The summed E-state index contributed by atoms with van der Waals surface area (Å²) in [5.74, 6) is 1.05. The first-order valence-electron chi connectivity index (χ1n) is 8.06. The van der Waals surface area contributed by atoms with Gasteiger partial charge in [-0.25, -0.2) is 0 Å². The third-order valence-electron chi connectivity index (χ3n) is 4.11. The zero-order valence-electron chi connectivity index (χ0n) is 13.4. The van der Waals surface area contributed by atoms with Gasteiger partial charge in [0.05, 0.1) is 0 Å². The second-order valence-corrected chi connectivity index (χ2v) is 6.12. The molecule has 0 spiro atoms. The minimum atomic E-state index is 0. The van der Waals surface area contributed by atoms with Crippen LogP contribution in [-0.2, 0) is 6.42 Å². The fourth-order valence-corrected chi connectivity index (χ4v) is 3.17. The van der Waals surface area contributed by atoms with Gasteiger partial charge in [0.25, 0.3) is 0 Å². The van der Waals surface area contributed by atoms with Crippen LogP contribution in [0.2, 0.25) is 5.02 Å². The van der Waals surface area contributed by atoms with E-state index >= 15 is 0 Å². The number of aromatic nitrogens is 1. The summed E-state index contributed by atoms with van der Waals surface area (Å²) in [6, 6.07) is 5.97. The first-order chi connectivity index (χ1) is 10.8. The molecule has 1 aliphatic heterocycles. The second-order valence-electron chi connectivity index (χ2n) is 5.68. The van der Waals surface area contributed by atoms with Crippen molar-refractivity contribution in [3.63, 3.8) is 0 Å².